The molecule has 0 aliphatic heterocycles. The van der Waals surface area contributed by atoms with Gasteiger partial charge >= 0.3 is 0 Å². The zero-order chi connectivity index (χ0) is 11.1. The molecule has 0 atom stereocenters. The number of nitrogens with one attached hydrogen (secondary N) is 1. The molecule has 1 aromatic heterocycles. The van der Waals surface area contributed by atoms with Crippen molar-refractivity contribution in [3.63, 3.8) is 0 Å². The molecule has 0 spiro atoms. The number of aromatic nitrogens is 2. The number of rotatable bonds is 7. The van der Waals surface area contributed by atoms with Gasteiger partial charge in [-0.05, 0) is 12.8 Å². The van der Waals surface area contributed by atoms with Gasteiger partial charge in [0.2, 0.25) is 15.0 Å². The number of aromatic amines is 1. The monoisotopic (exact) mass is 231 g/mol. The summed E-state index contributed by atoms with van der Waals surface area (Å²) in [5.41, 5.74) is 0. The summed E-state index contributed by atoms with van der Waals surface area (Å²) in [6, 6.07) is 0. The van der Waals surface area contributed by atoms with Crippen molar-refractivity contribution >= 4 is 9.84 Å². The predicted molar refractivity (Wildman–Crippen MR) is 54.7 cm³/mol. The molecule has 0 aliphatic rings. The predicted octanol–water partition coefficient (Wildman–Crippen LogP) is 1.17. The molecule has 0 aromatic carbocycles. The van der Waals surface area contributed by atoms with Crippen LogP contribution in [0.3, 0.4) is 0 Å². The largest absolute Gasteiger partial charge is 0.336 e. The van der Waals surface area contributed by atoms with Crippen molar-refractivity contribution in [2.75, 3.05) is 12.4 Å². The highest BCUT2D eigenvalue weighted by Crippen LogP contribution is 2.08. The lowest BCUT2D eigenvalue weighted by atomic mass is 10.2. The van der Waals surface area contributed by atoms with E-state index in [0.29, 0.717) is 12.8 Å². The first-order valence-corrected chi connectivity index (χ1v) is 6.62. The second-order valence-corrected chi connectivity index (χ2v) is 5.36. The molecule has 1 heterocycles. The van der Waals surface area contributed by atoms with E-state index in [9.17, 15) is 13.5 Å². The summed E-state index contributed by atoms with van der Waals surface area (Å²) in [4.78, 5) is 6.29. The van der Waals surface area contributed by atoms with E-state index in [1.807, 2.05) is 0 Å². The van der Waals surface area contributed by atoms with E-state index in [2.05, 4.69) is 9.97 Å². The summed E-state index contributed by atoms with van der Waals surface area (Å²) in [5.74, 6) is 0.0966. The topological polar surface area (TPSA) is 82.7 Å². The minimum Gasteiger partial charge on any atom is -0.336 e. The van der Waals surface area contributed by atoms with Gasteiger partial charge in [0.1, 0.15) is 0 Å². The van der Waals surface area contributed by atoms with E-state index in [-0.39, 0.29) is 17.5 Å². The molecule has 0 bridgehead atoms. The van der Waals surface area contributed by atoms with Gasteiger partial charge in [-0.3, -0.25) is 0 Å². The Morgan fingerprint density at radius 2 is 1.93 bits per heavy atom. The fraction of sp³-hybridized carbons (Fsp3) is 0.667. The van der Waals surface area contributed by atoms with Crippen LogP contribution < -0.4 is 0 Å². The lowest BCUT2D eigenvalue weighted by Gasteiger charge is -2.00. The third-order valence-corrected chi connectivity index (χ3v) is 3.71. The van der Waals surface area contributed by atoms with E-state index >= 15 is 0 Å². The van der Waals surface area contributed by atoms with Crippen molar-refractivity contribution in [2.24, 2.45) is 0 Å². The van der Waals surface area contributed by atoms with Gasteiger partial charge in [0.05, 0.1) is 12.4 Å². The molecule has 0 saturated carbocycles. The maximum absolute atomic E-state index is 11.6. The highest BCUT2D eigenvalue weighted by Gasteiger charge is 2.15. The Kier molecular flexibility index (Phi) is 4.77. The number of H-pyrrole nitrogens is 1. The smallest absolute Gasteiger partial charge is 0.224 e. The molecule has 0 amide bonds. The van der Waals surface area contributed by atoms with Crippen molar-refractivity contribution in [3.8, 4) is 0 Å². The standard InChI is InChI=1S/C9H15N2O3S/c12-7-3-1-2-4-8-15(13,14)9-10-5-6-11-9/h5-6H,1-4,7-8H2,(H,10,11). The average molecular weight is 231 g/mol. The number of unbranched alkanes of at least 4 members (excludes halogenated alkanes) is 3. The Morgan fingerprint density at radius 1 is 1.20 bits per heavy atom. The fourth-order valence-corrected chi connectivity index (χ4v) is 2.51. The van der Waals surface area contributed by atoms with Crippen LogP contribution in [0.4, 0.5) is 0 Å². The third-order valence-electron chi connectivity index (χ3n) is 2.08. The van der Waals surface area contributed by atoms with Crippen molar-refractivity contribution in [1.82, 2.24) is 9.97 Å². The van der Waals surface area contributed by atoms with Crippen LogP contribution >= 0.6 is 0 Å². The molecular weight excluding hydrogens is 216 g/mol. The molecule has 85 valence electrons. The van der Waals surface area contributed by atoms with Crippen LogP contribution in [0.2, 0.25) is 0 Å². The second kappa shape index (κ2) is 5.87. The first kappa shape index (κ1) is 12.2. The van der Waals surface area contributed by atoms with Gasteiger partial charge in [0, 0.05) is 12.4 Å². The maximum Gasteiger partial charge on any atom is 0.224 e. The number of hydrogen-bond acceptors (Lipinski definition) is 3. The second-order valence-electron chi connectivity index (χ2n) is 3.33. The lowest BCUT2D eigenvalue weighted by Crippen LogP contribution is -2.08. The molecule has 1 aromatic rings. The normalized spacial score (nSPS) is 11.8. The van der Waals surface area contributed by atoms with Crippen LogP contribution in [0.5, 0.6) is 0 Å². The van der Waals surface area contributed by atoms with E-state index in [4.69, 9.17) is 0 Å². The first-order chi connectivity index (χ1) is 7.17. The highest BCUT2D eigenvalue weighted by molar-refractivity contribution is 7.91. The van der Waals surface area contributed by atoms with E-state index in [1.54, 1.807) is 0 Å². The van der Waals surface area contributed by atoms with Crippen molar-refractivity contribution in [1.29, 1.82) is 0 Å². The molecule has 0 saturated heterocycles. The van der Waals surface area contributed by atoms with Gasteiger partial charge < -0.3 is 4.98 Å². The molecule has 1 N–H and O–H groups in total. The van der Waals surface area contributed by atoms with Crippen LogP contribution in [0, 0.1) is 0 Å². The van der Waals surface area contributed by atoms with E-state index < -0.39 is 9.84 Å². The van der Waals surface area contributed by atoms with Crippen LogP contribution in [0.25, 0.3) is 0 Å². The number of sulfone groups is 1. The van der Waals surface area contributed by atoms with Gasteiger partial charge in [0.15, 0.2) is 0 Å². The van der Waals surface area contributed by atoms with Gasteiger partial charge in [0.25, 0.3) is 0 Å². The van der Waals surface area contributed by atoms with Crippen LogP contribution in [0.1, 0.15) is 25.7 Å². The van der Waals surface area contributed by atoms with Gasteiger partial charge in [-0.1, -0.05) is 12.8 Å². The van der Waals surface area contributed by atoms with Crippen molar-refractivity contribution in [2.45, 2.75) is 30.8 Å². The lowest BCUT2D eigenvalue weighted by molar-refractivity contribution is 0.186. The summed E-state index contributed by atoms with van der Waals surface area (Å²) < 4.78 is 23.1. The van der Waals surface area contributed by atoms with Crippen molar-refractivity contribution < 1.29 is 13.5 Å². The molecule has 1 rings (SSSR count). The molecular formula is C9H15N2O3S. The SMILES string of the molecule is [O]CCCCCCS(=O)(=O)c1ncc[nH]1. The summed E-state index contributed by atoms with van der Waals surface area (Å²) in [7, 11) is -3.25. The molecule has 1 radical (unpaired) electrons. The zero-order valence-corrected chi connectivity index (χ0v) is 9.29. The Labute approximate surface area is 89.5 Å². The van der Waals surface area contributed by atoms with Gasteiger partial charge in [-0.2, -0.15) is 0 Å². The minimum atomic E-state index is -3.25. The van der Waals surface area contributed by atoms with Crippen LogP contribution in [-0.4, -0.2) is 30.7 Å². The fourth-order valence-electron chi connectivity index (χ4n) is 1.27. The molecule has 15 heavy (non-hydrogen) atoms. The highest BCUT2D eigenvalue weighted by atomic mass is 32.2. The number of hydrogen-bond donors (Lipinski definition) is 1. The Bertz CT molecular complexity index is 359. The van der Waals surface area contributed by atoms with Crippen molar-refractivity contribution in [3.05, 3.63) is 12.4 Å². The summed E-state index contributed by atoms with van der Waals surface area (Å²) >= 11 is 0. The first-order valence-electron chi connectivity index (χ1n) is 4.97. The number of imidazole rings is 1. The Balaban J connectivity index is 2.32. The van der Waals surface area contributed by atoms with Crippen LogP contribution in [0.15, 0.2) is 17.6 Å². The van der Waals surface area contributed by atoms with Crippen LogP contribution in [-0.2, 0) is 14.9 Å². The van der Waals surface area contributed by atoms with Gasteiger partial charge in [-0.15, -0.1) is 0 Å². The quantitative estimate of drug-likeness (QED) is 0.715. The molecule has 0 aliphatic carbocycles. The Hall–Kier alpha value is -0.880. The van der Waals surface area contributed by atoms with Gasteiger partial charge in [-0.25, -0.2) is 18.5 Å². The molecule has 6 heteroatoms. The molecule has 0 unspecified atom stereocenters. The molecule has 5 nitrogen and oxygen atoms in total. The molecule has 0 fully saturated rings. The third kappa shape index (κ3) is 4.01. The van der Waals surface area contributed by atoms with E-state index in [0.717, 1.165) is 12.8 Å². The summed E-state index contributed by atoms with van der Waals surface area (Å²) in [6.07, 6.45) is 5.71. The maximum atomic E-state index is 11.6. The zero-order valence-electron chi connectivity index (χ0n) is 8.48. The number of nitrogens with zero attached hydrogens (tertiary/aromatic N) is 1. The summed E-state index contributed by atoms with van der Waals surface area (Å²) in [5, 5.41) is 10.2. The minimum absolute atomic E-state index is 0.0336. The average Bonchev–Trinajstić information content (AvgIpc) is 2.70. The Morgan fingerprint density at radius 3 is 2.53 bits per heavy atom. The summed E-state index contributed by atoms with van der Waals surface area (Å²) in [6.45, 7) is -0.0784. The van der Waals surface area contributed by atoms with E-state index in [1.165, 1.54) is 12.4 Å².